The summed E-state index contributed by atoms with van der Waals surface area (Å²) in [5.74, 6) is 0.995. The van der Waals surface area contributed by atoms with E-state index >= 15 is 0 Å². The molecule has 1 saturated carbocycles. The Hall–Kier alpha value is -3.12. The molecular weight excluding hydrogens is 430 g/mol. The zero-order valence-electron chi connectivity index (χ0n) is 18.7. The van der Waals surface area contributed by atoms with Gasteiger partial charge in [0.2, 0.25) is 0 Å². The first-order valence-electron chi connectivity index (χ1n) is 11.7. The fourth-order valence-corrected chi connectivity index (χ4v) is 5.25. The number of para-hydroxylation sites is 1. The van der Waals surface area contributed by atoms with Crippen LogP contribution in [0.4, 0.5) is 0 Å². The largest absolute Gasteiger partial charge is 0.487 e. The van der Waals surface area contributed by atoms with Crippen molar-refractivity contribution in [3.63, 3.8) is 0 Å². The van der Waals surface area contributed by atoms with Gasteiger partial charge in [0, 0.05) is 12.4 Å². The second-order valence-electron chi connectivity index (χ2n) is 8.68. The summed E-state index contributed by atoms with van der Waals surface area (Å²) in [5, 5.41) is 6.94. The molecule has 1 aliphatic heterocycles. The number of aromatic nitrogens is 2. The lowest BCUT2D eigenvalue weighted by Gasteiger charge is -2.26. The number of carbonyl (C=O) groups excluding carboxylic acids is 1. The van der Waals surface area contributed by atoms with Crippen molar-refractivity contribution in [3.05, 3.63) is 88.7 Å². The Morgan fingerprint density at radius 1 is 1.09 bits per heavy atom. The van der Waals surface area contributed by atoms with Crippen LogP contribution in [-0.4, -0.2) is 27.0 Å². The molecule has 0 N–H and O–H groups in total. The van der Waals surface area contributed by atoms with Gasteiger partial charge in [0.05, 0.1) is 23.2 Å². The minimum absolute atomic E-state index is 0.143. The summed E-state index contributed by atoms with van der Waals surface area (Å²) in [7, 11) is 0. The van der Waals surface area contributed by atoms with Gasteiger partial charge in [-0.25, -0.2) is 0 Å². The van der Waals surface area contributed by atoms with E-state index < -0.39 is 0 Å². The highest BCUT2D eigenvalue weighted by molar-refractivity contribution is 7.12. The molecule has 0 amide bonds. The maximum atomic E-state index is 12.6. The predicted molar refractivity (Wildman–Crippen MR) is 132 cm³/mol. The first kappa shape index (κ1) is 21.7. The van der Waals surface area contributed by atoms with E-state index in [1.54, 1.807) is 0 Å². The van der Waals surface area contributed by atoms with E-state index in [4.69, 9.17) is 9.84 Å². The fourth-order valence-electron chi connectivity index (χ4n) is 4.59. The van der Waals surface area contributed by atoms with Crippen molar-refractivity contribution in [1.29, 1.82) is 0 Å². The van der Waals surface area contributed by atoms with Crippen LogP contribution in [0.15, 0.2) is 72.4 Å². The van der Waals surface area contributed by atoms with Crippen LogP contribution in [0.25, 0.3) is 5.57 Å². The molecule has 3 heterocycles. The van der Waals surface area contributed by atoms with Crippen molar-refractivity contribution < 1.29 is 9.53 Å². The van der Waals surface area contributed by atoms with Gasteiger partial charge in [-0.15, -0.1) is 11.3 Å². The maximum absolute atomic E-state index is 12.6. The minimum atomic E-state index is 0.143. The molecule has 0 atom stereocenters. The van der Waals surface area contributed by atoms with E-state index in [1.165, 1.54) is 36.2 Å². The molecule has 33 heavy (non-hydrogen) atoms. The van der Waals surface area contributed by atoms with Crippen LogP contribution in [0.1, 0.15) is 65.6 Å². The van der Waals surface area contributed by atoms with E-state index in [0.29, 0.717) is 19.2 Å². The van der Waals surface area contributed by atoms with Crippen LogP contribution in [0.5, 0.6) is 5.75 Å². The van der Waals surface area contributed by atoms with E-state index in [9.17, 15) is 4.79 Å². The summed E-state index contributed by atoms with van der Waals surface area (Å²) in [5.41, 5.74) is 3.28. The molecule has 6 heteroatoms. The molecule has 0 spiro atoms. The molecule has 0 radical (unpaired) electrons. The molecule has 170 valence electrons. The summed E-state index contributed by atoms with van der Waals surface area (Å²) in [4.78, 5) is 15.4. The van der Waals surface area contributed by atoms with Gasteiger partial charge in [-0.2, -0.15) is 5.10 Å². The number of allylic oxidation sites excluding steroid dienone is 2. The van der Waals surface area contributed by atoms with E-state index in [1.807, 2.05) is 58.9 Å². The number of ether oxygens (including phenoxy) is 1. The van der Waals surface area contributed by atoms with Gasteiger partial charge in [-0.3, -0.25) is 9.48 Å². The molecule has 2 aromatic heterocycles. The Bertz CT molecular complexity index is 1130. The first-order chi connectivity index (χ1) is 16.3. The highest BCUT2D eigenvalue weighted by atomic mass is 32.1. The lowest BCUT2D eigenvalue weighted by Crippen LogP contribution is -2.22. The molecule has 0 unspecified atom stereocenters. The topological polar surface area (TPSA) is 47.4 Å². The fraction of sp³-hybridized carbons (Fsp3) is 0.333. The van der Waals surface area contributed by atoms with Crippen LogP contribution >= 0.6 is 11.3 Å². The smallest absolute Gasteiger partial charge is 0.192 e. The van der Waals surface area contributed by atoms with Gasteiger partial charge in [0.1, 0.15) is 18.1 Å². The summed E-state index contributed by atoms with van der Waals surface area (Å²) in [6.45, 7) is 0.794. The van der Waals surface area contributed by atoms with Gasteiger partial charge in [0.25, 0.3) is 0 Å². The monoisotopic (exact) mass is 459 g/mol. The van der Waals surface area contributed by atoms with Crippen molar-refractivity contribution in [2.24, 2.45) is 0 Å². The van der Waals surface area contributed by atoms with Crippen molar-refractivity contribution >= 4 is 22.7 Å². The number of rotatable bonds is 8. The number of Topliss-reactive ketones (excluding diaryl/α,β-unsaturated/α-hetero) is 1. The number of carbonyl (C=O) groups is 1. The van der Waals surface area contributed by atoms with E-state index in [-0.39, 0.29) is 5.78 Å². The third kappa shape index (κ3) is 5.28. The van der Waals surface area contributed by atoms with Crippen molar-refractivity contribution in [1.82, 2.24) is 14.7 Å². The number of ketones is 1. The zero-order valence-corrected chi connectivity index (χ0v) is 19.5. The normalized spacial score (nSPS) is 16.6. The van der Waals surface area contributed by atoms with E-state index in [2.05, 4.69) is 23.0 Å². The zero-order chi connectivity index (χ0) is 22.5. The Morgan fingerprint density at radius 3 is 2.73 bits per heavy atom. The molecule has 0 bridgehead atoms. The van der Waals surface area contributed by atoms with Crippen molar-refractivity contribution in [2.45, 2.75) is 51.2 Å². The Kier molecular flexibility index (Phi) is 6.72. The molecule has 1 aliphatic carbocycles. The molecular formula is C27H29N3O2S. The molecule has 2 aliphatic rings. The summed E-state index contributed by atoms with van der Waals surface area (Å²) >= 11 is 1.50. The molecule has 1 fully saturated rings. The number of hydrogen-bond acceptors (Lipinski definition) is 5. The van der Waals surface area contributed by atoms with Gasteiger partial charge in [-0.05, 0) is 54.5 Å². The van der Waals surface area contributed by atoms with Gasteiger partial charge in [0.15, 0.2) is 5.78 Å². The average molecular weight is 460 g/mol. The summed E-state index contributed by atoms with van der Waals surface area (Å²) < 4.78 is 8.22. The van der Waals surface area contributed by atoms with E-state index in [0.717, 1.165) is 41.3 Å². The lowest BCUT2D eigenvalue weighted by atomic mass is 9.95. The Balaban J connectivity index is 1.38. The van der Waals surface area contributed by atoms with Crippen molar-refractivity contribution in [3.8, 4) is 5.75 Å². The lowest BCUT2D eigenvalue weighted by molar-refractivity contribution is 0.0973. The number of hydrogen-bond donors (Lipinski definition) is 0. The molecule has 1 aromatic carbocycles. The van der Waals surface area contributed by atoms with Crippen molar-refractivity contribution in [2.75, 3.05) is 6.54 Å². The summed E-state index contributed by atoms with van der Waals surface area (Å²) in [6.07, 6.45) is 13.2. The maximum Gasteiger partial charge on any atom is 0.192 e. The van der Waals surface area contributed by atoms with Crippen LogP contribution in [-0.2, 0) is 6.61 Å². The first-order valence-corrected chi connectivity index (χ1v) is 12.6. The highest BCUT2D eigenvalue weighted by Crippen LogP contribution is 2.33. The molecule has 5 rings (SSSR count). The Labute approximate surface area is 199 Å². The van der Waals surface area contributed by atoms with Crippen LogP contribution in [0.2, 0.25) is 0 Å². The number of benzene rings is 1. The van der Waals surface area contributed by atoms with Gasteiger partial charge >= 0.3 is 0 Å². The quantitative estimate of drug-likeness (QED) is 0.362. The summed E-state index contributed by atoms with van der Waals surface area (Å²) in [6, 6.07) is 16.3. The predicted octanol–water partition coefficient (Wildman–Crippen LogP) is 6.47. The average Bonchev–Trinajstić information content (AvgIpc) is 3.55. The second-order valence-corrected chi connectivity index (χ2v) is 9.62. The standard InChI is InChI=1S/C27H29N3O2S/c31-26(27-14-8-16-33-27)19-29-15-7-9-21(18-29)25-17-22(20-32-24-12-5-2-6-13-24)28-30(25)23-10-3-1-4-11-23/h2,5-8,12-18,23H,1,3-4,9-11,19-20H2. The third-order valence-corrected chi connectivity index (χ3v) is 7.16. The van der Waals surface area contributed by atoms with Crippen LogP contribution in [0, 0.1) is 0 Å². The van der Waals surface area contributed by atoms with Gasteiger partial charge in [-0.1, -0.05) is 49.6 Å². The van der Waals surface area contributed by atoms with Crippen LogP contribution < -0.4 is 4.74 Å². The molecule has 3 aromatic rings. The second kappa shape index (κ2) is 10.2. The minimum Gasteiger partial charge on any atom is -0.487 e. The molecule has 0 saturated heterocycles. The van der Waals surface area contributed by atoms with Crippen LogP contribution in [0.3, 0.4) is 0 Å². The third-order valence-electron chi connectivity index (χ3n) is 6.24. The Morgan fingerprint density at radius 2 is 1.94 bits per heavy atom. The SMILES string of the molecule is O=C(CN1C=CCC(c2cc(COc3ccccc3)nn2C2CCCCC2)=C1)c1cccs1. The highest BCUT2D eigenvalue weighted by Gasteiger charge is 2.23. The number of nitrogens with zero attached hydrogens (tertiary/aromatic N) is 3. The molecule has 5 nitrogen and oxygen atoms in total. The van der Waals surface area contributed by atoms with Gasteiger partial charge < -0.3 is 9.64 Å². The number of thiophene rings is 1.